The molecule has 1 aromatic rings. The van der Waals surface area contributed by atoms with Gasteiger partial charge in [-0.05, 0) is 5.56 Å². The van der Waals surface area contributed by atoms with Gasteiger partial charge in [0.1, 0.15) is 12.6 Å². The molecule has 0 aliphatic carbocycles. The van der Waals surface area contributed by atoms with Crippen LogP contribution in [0.2, 0.25) is 0 Å². The third kappa shape index (κ3) is 6.84. The molecule has 20 heavy (non-hydrogen) atoms. The Morgan fingerprint density at radius 3 is 2.35 bits per heavy atom. The molecule has 1 amide bonds. The average molecular weight is 341 g/mol. The summed E-state index contributed by atoms with van der Waals surface area (Å²) < 4.78 is 2.88. The molecule has 1 aromatic carbocycles. The van der Waals surface area contributed by atoms with Crippen LogP contribution in [0.5, 0.6) is 0 Å². The molecule has 2 N–H and O–H groups in total. The van der Waals surface area contributed by atoms with E-state index >= 15 is 0 Å². The number of carboxylic acids is 1. The number of alkyl carbamates (subject to hydrolysis) is 1. The summed E-state index contributed by atoms with van der Waals surface area (Å²) in [6.45, 7) is -0.471. The first-order valence-electron chi connectivity index (χ1n) is 5.54. The molecule has 1 atom stereocenters. The molecule has 1 unspecified atom stereocenters. The minimum absolute atomic E-state index is 0.124. The topological polar surface area (TPSA) is 75.6 Å². The highest BCUT2D eigenvalue weighted by molar-refractivity contribution is 6.67. The molecule has 8 heteroatoms. The largest absolute Gasteiger partial charge is 0.480 e. The minimum atomic E-state index is -1.74. The molecule has 0 aromatic heterocycles. The second-order valence-electron chi connectivity index (χ2n) is 3.92. The summed E-state index contributed by atoms with van der Waals surface area (Å²) in [5, 5.41) is 11.3. The van der Waals surface area contributed by atoms with E-state index in [0.29, 0.717) is 0 Å². The Bertz CT molecular complexity index is 462. The number of hydrogen-bond acceptors (Lipinski definition) is 3. The third-order valence-electron chi connectivity index (χ3n) is 2.24. The molecule has 0 radical (unpaired) electrons. The lowest BCUT2D eigenvalue weighted by Gasteiger charge is -2.16. The van der Waals surface area contributed by atoms with Crippen molar-refractivity contribution in [3.63, 3.8) is 0 Å². The van der Waals surface area contributed by atoms with E-state index in [-0.39, 0.29) is 6.42 Å². The van der Waals surface area contributed by atoms with Gasteiger partial charge in [0.25, 0.3) is 0 Å². The smallest absolute Gasteiger partial charge is 0.408 e. The van der Waals surface area contributed by atoms with E-state index in [9.17, 15) is 9.59 Å². The summed E-state index contributed by atoms with van der Waals surface area (Å²) in [5.41, 5.74) is 0.765. The van der Waals surface area contributed by atoms with Crippen molar-refractivity contribution in [3.8, 4) is 0 Å². The third-order valence-corrected chi connectivity index (χ3v) is 2.57. The fourth-order valence-corrected chi connectivity index (χ4v) is 1.54. The van der Waals surface area contributed by atoms with Crippen LogP contribution in [0.3, 0.4) is 0 Å². The Kier molecular flexibility index (Phi) is 6.39. The minimum Gasteiger partial charge on any atom is -0.480 e. The van der Waals surface area contributed by atoms with Crippen molar-refractivity contribution in [2.45, 2.75) is 16.3 Å². The SMILES string of the molecule is O=C(NC(Cc1ccccc1)C(=O)O)OCC(Cl)(Cl)Cl. The fraction of sp³-hybridized carbons (Fsp3) is 0.333. The maximum Gasteiger partial charge on any atom is 0.408 e. The van der Waals surface area contributed by atoms with Gasteiger partial charge in [0.05, 0.1) is 0 Å². The van der Waals surface area contributed by atoms with Gasteiger partial charge in [0, 0.05) is 6.42 Å². The molecule has 0 aliphatic rings. The predicted octanol–water partition coefficient (Wildman–Crippen LogP) is 2.78. The Morgan fingerprint density at radius 1 is 1.25 bits per heavy atom. The van der Waals surface area contributed by atoms with Crippen LogP contribution < -0.4 is 5.32 Å². The van der Waals surface area contributed by atoms with Crippen molar-refractivity contribution in [3.05, 3.63) is 35.9 Å². The van der Waals surface area contributed by atoms with Crippen molar-refractivity contribution < 1.29 is 19.4 Å². The molecular weight excluding hydrogens is 328 g/mol. The Morgan fingerprint density at radius 2 is 1.85 bits per heavy atom. The first kappa shape index (κ1) is 16.9. The highest BCUT2D eigenvalue weighted by Crippen LogP contribution is 2.25. The van der Waals surface area contributed by atoms with Crippen molar-refractivity contribution in [1.82, 2.24) is 5.32 Å². The van der Waals surface area contributed by atoms with E-state index in [1.807, 2.05) is 6.07 Å². The highest BCUT2D eigenvalue weighted by atomic mass is 35.6. The number of carbonyl (C=O) groups is 2. The van der Waals surface area contributed by atoms with Crippen molar-refractivity contribution >= 4 is 46.9 Å². The van der Waals surface area contributed by atoms with Gasteiger partial charge in [-0.3, -0.25) is 0 Å². The summed E-state index contributed by atoms with van der Waals surface area (Å²) in [6, 6.07) is 7.74. The second-order valence-corrected chi connectivity index (χ2v) is 6.43. The summed E-state index contributed by atoms with van der Waals surface area (Å²) in [5.74, 6) is -1.18. The Labute approximate surface area is 130 Å². The van der Waals surface area contributed by atoms with Gasteiger partial charge in [-0.1, -0.05) is 65.1 Å². The number of carboxylic acid groups (broad SMARTS) is 1. The Hall–Kier alpha value is -1.17. The summed E-state index contributed by atoms with van der Waals surface area (Å²) in [4.78, 5) is 22.5. The lowest BCUT2D eigenvalue weighted by molar-refractivity contribution is -0.139. The zero-order chi connectivity index (χ0) is 15.2. The Balaban J connectivity index is 2.55. The molecular formula is C12H12Cl3NO4. The van der Waals surface area contributed by atoms with Gasteiger partial charge < -0.3 is 15.2 Å². The van der Waals surface area contributed by atoms with Gasteiger partial charge in [0.15, 0.2) is 0 Å². The van der Waals surface area contributed by atoms with Gasteiger partial charge in [-0.15, -0.1) is 0 Å². The number of aliphatic carboxylic acids is 1. The maximum absolute atomic E-state index is 11.4. The number of amides is 1. The van der Waals surface area contributed by atoms with E-state index in [1.165, 1.54) is 0 Å². The first-order valence-corrected chi connectivity index (χ1v) is 6.68. The average Bonchev–Trinajstić information content (AvgIpc) is 2.36. The van der Waals surface area contributed by atoms with Crippen LogP contribution in [0, 0.1) is 0 Å². The number of rotatable bonds is 5. The van der Waals surface area contributed by atoms with E-state index < -0.39 is 28.5 Å². The van der Waals surface area contributed by atoms with Gasteiger partial charge in [-0.2, -0.15) is 0 Å². The molecule has 110 valence electrons. The van der Waals surface area contributed by atoms with Crippen LogP contribution >= 0.6 is 34.8 Å². The van der Waals surface area contributed by atoms with Gasteiger partial charge in [-0.25, -0.2) is 9.59 Å². The number of carbonyl (C=O) groups excluding carboxylic acids is 1. The molecule has 0 saturated carbocycles. The fourth-order valence-electron chi connectivity index (χ4n) is 1.38. The van der Waals surface area contributed by atoms with Gasteiger partial charge >= 0.3 is 12.1 Å². The quantitative estimate of drug-likeness (QED) is 0.808. The summed E-state index contributed by atoms with van der Waals surface area (Å²) in [6.07, 6.45) is -0.835. The van der Waals surface area contributed by atoms with Crippen molar-refractivity contribution in [1.29, 1.82) is 0 Å². The van der Waals surface area contributed by atoms with E-state index in [0.717, 1.165) is 5.56 Å². The van der Waals surface area contributed by atoms with Crippen LogP contribution in [0.1, 0.15) is 5.56 Å². The van der Waals surface area contributed by atoms with Crippen LogP contribution in [0.25, 0.3) is 0 Å². The molecule has 0 saturated heterocycles. The number of ether oxygens (including phenoxy) is 1. The number of halogens is 3. The highest BCUT2D eigenvalue weighted by Gasteiger charge is 2.25. The van der Waals surface area contributed by atoms with E-state index in [4.69, 9.17) is 39.9 Å². The molecule has 0 spiro atoms. The standard InChI is InChI=1S/C12H12Cl3NO4/c13-12(14,15)7-20-11(19)16-9(10(17)18)6-8-4-2-1-3-5-8/h1-5,9H,6-7H2,(H,16,19)(H,17,18). The monoisotopic (exact) mass is 339 g/mol. The molecule has 1 rings (SSSR count). The van der Waals surface area contributed by atoms with Crippen LogP contribution in [0.4, 0.5) is 4.79 Å². The first-order chi connectivity index (χ1) is 9.28. The number of alkyl halides is 3. The second kappa shape index (κ2) is 7.57. The normalized spacial score (nSPS) is 12.6. The molecule has 5 nitrogen and oxygen atoms in total. The van der Waals surface area contributed by atoms with E-state index in [1.54, 1.807) is 24.3 Å². The lowest BCUT2D eigenvalue weighted by Crippen LogP contribution is -2.43. The van der Waals surface area contributed by atoms with Crippen LogP contribution in [-0.4, -0.2) is 33.6 Å². The van der Waals surface area contributed by atoms with Crippen LogP contribution in [0.15, 0.2) is 30.3 Å². The van der Waals surface area contributed by atoms with Crippen molar-refractivity contribution in [2.24, 2.45) is 0 Å². The van der Waals surface area contributed by atoms with Crippen LogP contribution in [-0.2, 0) is 16.0 Å². The predicted molar refractivity (Wildman–Crippen MR) is 76.3 cm³/mol. The van der Waals surface area contributed by atoms with Gasteiger partial charge in [0.2, 0.25) is 3.79 Å². The zero-order valence-electron chi connectivity index (χ0n) is 10.2. The van der Waals surface area contributed by atoms with E-state index in [2.05, 4.69) is 10.1 Å². The number of nitrogens with one attached hydrogen (secondary N) is 1. The molecule has 0 fully saturated rings. The zero-order valence-corrected chi connectivity index (χ0v) is 12.5. The lowest BCUT2D eigenvalue weighted by atomic mass is 10.1. The number of benzene rings is 1. The number of hydrogen-bond donors (Lipinski definition) is 2. The molecule has 0 aliphatic heterocycles. The molecule has 0 bridgehead atoms. The summed E-state index contributed by atoms with van der Waals surface area (Å²) >= 11 is 16.2. The summed E-state index contributed by atoms with van der Waals surface area (Å²) in [7, 11) is 0. The van der Waals surface area contributed by atoms with Crippen molar-refractivity contribution in [2.75, 3.05) is 6.61 Å². The molecule has 0 heterocycles. The maximum atomic E-state index is 11.4.